The van der Waals surface area contributed by atoms with Gasteiger partial charge in [-0.2, -0.15) is 0 Å². The number of pyridine rings is 2. The van der Waals surface area contributed by atoms with Crippen LogP contribution in [0.3, 0.4) is 0 Å². The Morgan fingerprint density at radius 1 is 1.05 bits per heavy atom. The van der Waals surface area contributed by atoms with Gasteiger partial charge in [0.25, 0.3) is 5.56 Å². The molecule has 0 aliphatic carbocycles. The van der Waals surface area contributed by atoms with E-state index >= 15 is 0 Å². The van der Waals surface area contributed by atoms with Gasteiger partial charge < -0.3 is 10.3 Å². The number of hydrogen-bond acceptors (Lipinski definition) is 5. The second kappa shape index (κ2) is 4.97. The fraction of sp³-hybridized carbons (Fsp3) is 0.200. The Morgan fingerprint density at radius 2 is 1.81 bits per heavy atom. The fourth-order valence-electron chi connectivity index (χ4n) is 2.36. The van der Waals surface area contributed by atoms with Crippen molar-refractivity contribution < 1.29 is 0 Å². The van der Waals surface area contributed by atoms with Gasteiger partial charge in [0.15, 0.2) is 0 Å². The standard InChI is InChI=1S/C15H15N5O/c1-8-6-12(19-11-4-5-16-15(21)14(8)11)20-13-7-9(2)17-10(3)18-13/h4-7H,1-3H3,(H,16,21)(H,17,18,19,20). The number of aromatic amines is 1. The van der Waals surface area contributed by atoms with E-state index in [9.17, 15) is 4.79 Å². The monoisotopic (exact) mass is 281 g/mol. The van der Waals surface area contributed by atoms with Crippen molar-refractivity contribution in [2.75, 3.05) is 5.32 Å². The van der Waals surface area contributed by atoms with Crippen LogP contribution in [0.1, 0.15) is 17.1 Å². The quantitative estimate of drug-likeness (QED) is 0.753. The minimum atomic E-state index is -0.127. The maximum absolute atomic E-state index is 11.8. The first-order valence-corrected chi connectivity index (χ1v) is 6.61. The Balaban J connectivity index is 2.07. The number of nitrogens with one attached hydrogen (secondary N) is 2. The molecule has 0 radical (unpaired) electrons. The van der Waals surface area contributed by atoms with Crippen LogP contribution in [0.2, 0.25) is 0 Å². The highest BCUT2D eigenvalue weighted by molar-refractivity contribution is 5.83. The van der Waals surface area contributed by atoms with E-state index < -0.39 is 0 Å². The van der Waals surface area contributed by atoms with Crippen LogP contribution in [0.25, 0.3) is 10.9 Å². The number of H-pyrrole nitrogens is 1. The van der Waals surface area contributed by atoms with E-state index in [4.69, 9.17) is 0 Å². The van der Waals surface area contributed by atoms with E-state index in [2.05, 4.69) is 25.3 Å². The predicted molar refractivity (Wildman–Crippen MR) is 81.9 cm³/mol. The van der Waals surface area contributed by atoms with Crippen LogP contribution in [0.5, 0.6) is 0 Å². The van der Waals surface area contributed by atoms with E-state index in [1.165, 1.54) is 0 Å². The highest BCUT2D eigenvalue weighted by atomic mass is 16.1. The molecule has 0 saturated heterocycles. The number of anilines is 2. The first-order valence-electron chi connectivity index (χ1n) is 6.61. The summed E-state index contributed by atoms with van der Waals surface area (Å²) < 4.78 is 0. The molecule has 0 aliphatic rings. The van der Waals surface area contributed by atoms with E-state index in [0.717, 1.165) is 11.3 Å². The summed E-state index contributed by atoms with van der Waals surface area (Å²) in [7, 11) is 0. The molecule has 3 aromatic heterocycles. The maximum Gasteiger partial charge on any atom is 0.257 e. The molecule has 21 heavy (non-hydrogen) atoms. The largest absolute Gasteiger partial charge is 0.328 e. The molecule has 0 aromatic carbocycles. The van der Waals surface area contributed by atoms with Gasteiger partial charge in [0.2, 0.25) is 0 Å². The highest BCUT2D eigenvalue weighted by Gasteiger charge is 2.07. The van der Waals surface area contributed by atoms with Crippen molar-refractivity contribution in [3.05, 3.63) is 51.8 Å². The zero-order valence-corrected chi connectivity index (χ0v) is 12.1. The minimum absolute atomic E-state index is 0.127. The molecular formula is C15H15N5O. The van der Waals surface area contributed by atoms with Crippen molar-refractivity contribution in [3.63, 3.8) is 0 Å². The van der Waals surface area contributed by atoms with E-state index in [-0.39, 0.29) is 5.56 Å². The lowest BCUT2D eigenvalue weighted by Crippen LogP contribution is -2.08. The Labute approximate surface area is 121 Å². The summed E-state index contributed by atoms with van der Waals surface area (Å²) in [5, 5.41) is 3.77. The molecule has 0 spiro atoms. The number of aromatic nitrogens is 4. The highest BCUT2D eigenvalue weighted by Crippen LogP contribution is 2.19. The van der Waals surface area contributed by atoms with Gasteiger partial charge in [-0.05, 0) is 38.5 Å². The predicted octanol–water partition coefficient (Wildman–Crippen LogP) is 2.38. The minimum Gasteiger partial charge on any atom is -0.328 e. The molecule has 3 aromatic rings. The fourth-order valence-corrected chi connectivity index (χ4v) is 2.36. The molecule has 3 heterocycles. The Morgan fingerprint density at radius 3 is 2.57 bits per heavy atom. The lowest BCUT2D eigenvalue weighted by Gasteiger charge is -2.09. The Kier molecular flexibility index (Phi) is 3.13. The van der Waals surface area contributed by atoms with Gasteiger partial charge >= 0.3 is 0 Å². The van der Waals surface area contributed by atoms with Crippen LogP contribution in [-0.4, -0.2) is 19.9 Å². The molecule has 6 heteroatoms. The van der Waals surface area contributed by atoms with Crippen molar-refractivity contribution in [1.82, 2.24) is 19.9 Å². The molecule has 6 nitrogen and oxygen atoms in total. The van der Waals surface area contributed by atoms with Crippen molar-refractivity contribution >= 4 is 22.5 Å². The summed E-state index contributed by atoms with van der Waals surface area (Å²) in [6, 6.07) is 5.47. The lowest BCUT2D eigenvalue weighted by atomic mass is 10.1. The zero-order valence-electron chi connectivity index (χ0n) is 12.1. The third-order valence-corrected chi connectivity index (χ3v) is 3.15. The van der Waals surface area contributed by atoms with Gasteiger partial charge in [-0.1, -0.05) is 0 Å². The molecule has 0 fully saturated rings. The van der Waals surface area contributed by atoms with Gasteiger partial charge in [-0.25, -0.2) is 15.0 Å². The van der Waals surface area contributed by atoms with Crippen molar-refractivity contribution in [1.29, 1.82) is 0 Å². The normalized spacial score (nSPS) is 10.8. The molecule has 0 unspecified atom stereocenters. The van der Waals surface area contributed by atoms with E-state index in [1.54, 1.807) is 12.3 Å². The van der Waals surface area contributed by atoms with Gasteiger partial charge in [0.05, 0.1) is 10.9 Å². The number of aryl methyl sites for hydroxylation is 3. The Bertz CT molecular complexity index is 865. The molecule has 0 amide bonds. The molecule has 0 atom stereocenters. The first kappa shape index (κ1) is 13.2. The first-order chi connectivity index (χ1) is 10.0. The number of fused-ring (bicyclic) bond motifs is 1. The summed E-state index contributed by atoms with van der Waals surface area (Å²) in [6.45, 7) is 5.65. The molecule has 0 aliphatic heterocycles. The third-order valence-electron chi connectivity index (χ3n) is 3.15. The smallest absolute Gasteiger partial charge is 0.257 e. The molecule has 3 rings (SSSR count). The van der Waals surface area contributed by atoms with Crippen molar-refractivity contribution in [2.45, 2.75) is 20.8 Å². The summed E-state index contributed by atoms with van der Waals surface area (Å²) in [6.07, 6.45) is 1.60. The number of nitrogens with zero attached hydrogens (tertiary/aromatic N) is 3. The van der Waals surface area contributed by atoms with Gasteiger partial charge in [0, 0.05) is 18.0 Å². The van der Waals surface area contributed by atoms with Crippen LogP contribution >= 0.6 is 0 Å². The van der Waals surface area contributed by atoms with Crippen LogP contribution in [0, 0.1) is 20.8 Å². The SMILES string of the molecule is Cc1cc(Nc2cc(C)c3c(=O)[nH]ccc3n2)nc(C)n1. The second-order valence-corrected chi connectivity index (χ2v) is 4.96. The van der Waals surface area contributed by atoms with Crippen LogP contribution in [0.4, 0.5) is 11.6 Å². The summed E-state index contributed by atoms with van der Waals surface area (Å²) in [4.78, 5) is 27.5. The summed E-state index contributed by atoms with van der Waals surface area (Å²) >= 11 is 0. The van der Waals surface area contributed by atoms with Gasteiger partial charge in [-0.15, -0.1) is 0 Å². The summed E-state index contributed by atoms with van der Waals surface area (Å²) in [5.41, 5.74) is 2.28. The van der Waals surface area contributed by atoms with Crippen LogP contribution in [-0.2, 0) is 0 Å². The van der Waals surface area contributed by atoms with Crippen molar-refractivity contribution in [3.8, 4) is 0 Å². The average Bonchev–Trinajstić information content (AvgIpc) is 2.36. The summed E-state index contributed by atoms with van der Waals surface area (Å²) in [5.74, 6) is 2.05. The zero-order chi connectivity index (χ0) is 15.0. The maximum atomic E-state index is 11.8. The Hall–Kier alpha value is -2.76. The number of rotatable bonds is 2. The molecule has 0 saturated carbocycles. The average molecular weight is 281 g/mol. The van der Waals surface area contributed by atoms with E-state index in [1.807, 2.05) is 32.9 Å². The molecular weight excluding hydrogens is 266 g/mol. The van der Waals surface area contributed by atoms with Gasteiger partial charge in [0.1, 0.15) is 17.5 Å². The van der Waals surface area contributed by atoms with Crippen LogP contribution < -0.4 is 10.9 Å². The van der Waals surface area contributed by atoms with Crippen LogP contribution in [0.15, 0.2) is 29.2 Å². The second-order valence-electron chi connectivity index (χ2n) is 4.96. The molecule has 2 N–H and O–H groups in total. The number of hydrogen-bond donors (Lipinski definition) is 2. The lowest BCUT2D eigenvalue weighted by molar-refractivity contribution is 1.01. The molecule has 0 bridgehead atoms. The van der Waals surface area contributed by atoms with Crippen molar-refractivity contribution in [2.24, 2.45) is 0 Å². The van der Waals surface area contributed by atoms with Gasteiger partial charge in [-0.3, -0.25) is 4.79 Å². The topological polar surface area (TPSA) is 83.6 Å². The molecule has 106 valence electrons. The third kappa shape index (κ3) is 2.60. The van der Waals surface area contributed by atoms with E-state index in [0.29, 0.717) is 28.4 Å².